The van der Waals surface area contributed by atoms with Crippen LogP contribution in [0.15, 0.2) is 35.7 Å². The first kappa shape index (κ1) is 20.3. The molecule has 0 aliphatic carbocycles. The van der Waals surface area contributed by atoms with Crippen molar-refractivity contribution in [3.63, 3.8) is 0 Å². The van der Waals surface area contributed by atoms with Crippen molar-refractivity contribution in [2.45, 2.75) is 20.3 Å². The van der Waals surface area contributed by atoms with E-state index in [1.165, 1.54) is 6.08 Å². The fourth-order valence-electron chi connectivity index (χ4n) is 2.07. The van der Waals surface area contributed by atoms with Gasteiger partial charge in [-0.05, 0) is 24.7 Å². The number of carbonyl (C=O) groups excluding carboxylic acids is 1. The van der Waals surface area contributed by atoms with Crippen molar-refractivity contribution in [1.29, 1.82) is 0 Å². The number of rotatable bonds is 11. The largest absolute Gasteiger partial charge is 0.355 e. The average molecular weight is 353 g/mol. The van der Waals surface area contributed by atoms with Crippen LogP contribution >= 0.6 is 0 Å². The van der Waals surface area contributed by atoms with Gasteiger partial charge >= 0.3 is 0 Å². The smallest absolute Gasteiger partial charge is 0.233 e. The maximum Gasteiger partial charge on any atom is 0.233 e. The molecule has 0 saturated heterocycles. The van der Waals surface area contributed by atoms with Crippen LogP contribution in [0.25, 0.3) is 6.08 Å². The van der Waals surface area contributed by atoms with E-state index in [1.54, 1.807) is 0 Å². The molecular formula is C17H27N3O3S. The molecule has 6 nitrogen and oxygen atoms in total. The molecule has 0 aliphatic heterocycles. The molecule has 0 bridgehead atoms. The Morgan fingerprint density at radius 3 is 2.42 bits per heavy atom. The van der Waals surface area contributed by atoms with Crippen molar-refractivity contribution in [2.24, 2.45) is 0 Å². The molecule has 0 fully saturated rings. The van der Waals surface area contributed by atoms with Crippen LogP contribution in [0.2, 0.25) is 0 Å². The number of hydrogen-bond donors (Lipinski definition) is 2. The van der Waals surface area contributed by atoms with E-state index in [0.29, 0.717) is 6.54 Å². The average Bonchev–Trinajstić information content (AvgIpc) is 2.58. The summed E-state index contributed by atoms with van der Waals surface area (Å²) in [4.78, 5) is 13.9. The molecule has 0 spiro atoms. The van der Waals surface area contributed by atoms with E-state index >= 15 is 0 Å². The van der Waals surface area contributed by atoms with E-state index < -0.39 is 10.0 Å². The number of nitrogens with zero attached hydrogens (tertiary/aromatic N) is 1. The van der Waals surface area contributed by atoms with Crippen LogP contribution in [0.5, 0.6) is 0 Å². The summed E-state index contributed by atoms with van der Waals surface area (Å²) in [5.41, 5.74) is 0.803. The van der Waals surface area contributed by atoms with E-state index in [-0.39, 0.29) is 18.9 Å². The van der Waals surface area contributed by atoms with Crippen molar-refractivity contribution in [1.82, 2.24) is 14.9 Å². The molecule has 1 amide bonds. The summed E-state index contributed by atoms with van der Waals surface area (Å²) in [6.45, 7) is 7.48. The zero-order valence-electron chi connectivity index (χ0n) is 14.4. The molecule has 0 radical (unpaired) electrons. The topological polar surface area (TPSA) is 78.5 Å². The summed E-state index contributed by atoms with van der Waals surface area (Å²) >= 11 is 0. The molecule has 0 aromatic heterocycles. The molecule has 7 heteroatoms. The van der Waals surface area contributed by atoms with Crippen LogP contribution in [0, 0.1) is 0 Å². The van der Waals surface area contributed by atoms with Crippen molar-refractivity contribution in [3.05, 3.63) is 41.3 Å². The fourth-order valence-corrected chi connectivity index (χ4v) is 2.89. The van der Waals surface area contributed by atoms with Crippen LogP contribution < -0.4 is 10.0 Å². The van der Waals surface area contributed by atoms with Gasteiger partial charge in [0.15, 0.2) is 0 Å². The first-order chi connectivity index (χ1) is 11.5. The van der Waals surface area contributed by atoms with Gasteiger partial charge in [-0.15, -0.1) is 0 Å². The zero-order valence-corrected chi connectivity index (χ0v) is 15.2. The Balaban J connectivity index is 2.27. The van der Waals surface area contributed by atoms with E-state index in [0.717, 1.165) is 30.6 Å². The number of amides is 1. The number of nitrogens with one attached hydrogen (secondary N) is 2. The molecule has 1 rings (SSSR count). The number of likely N-dealkylation sites (N-methyl/N-ethyl adjacent to an activating group) is 1. The maximum atomic E-state index is 11.8. The van der Waals surface area contributed by atoms with Crippen LogP contribution in [0.4, 0.5) is 0 Å². The molecule has 1 aromatic rings. The summed E-state index contributed by atoms with van der Waals surface area (Å²) in [7, 11) is -3.54. The lowest BCUT2D eigenvalue weighted by Gasteiger charge is -2.17. The van der Waals surface area contributed by atoms with Crippen LogP contribution in [-0.4, -0.2) is 51.9 Å². The second kappa shape index (κ2) is 11.0. The summed E-state index contributed by atoms with van der Waals surface area (Å²) in [5, 5.41) is 3.90. The first-order valence-electron chi connectivity index (χ1n) is 8.18. The van der Waals surface area contributed by atoms with Gasteiger partial charge in [0.05, 0.1) is 0 Å². The van der Waals surface area contributed by atoms with Crippen molar-refractivity contribution in [3.8, 4) is 0 Å². The lowest BCUT2D eigenvalue weighted by Crippen LogP contribution is -2.36. The Kier molecular flexibility index (Phi) is 9.29. The number of carbonyl (C=O) groups is 1. The monoisotopic (exact) mass is 353 g/mol. The molecule has 134 valence electrons. The van der Waals surface area contributed by atoms with Gasteiger partial charge in [-0.1, -0.05) is 44.2 Å². The highest BCUT2D eigenvalue weighted by molar-refractivity contribution is 7.92. The van der Waals surface area contributed by atoms with Crippen molar-refractivity contribution in [2.75, 3.05) is 32.7 Å². The van der Waals surface area contributed by atoms with Gasteiger partial charge in [0, 0.05) is 31.5 Å². The standard InChI is InChI=1S/C17H27N3O3S/c1-3-20(4-2)14-13-18-17(21)10-12-19-24(22,23)15-11-16-8-6-5-7-9-16/h5-9,11,15,19H,3-4,10,12-14H2,1-2H3,(H,18,21)/b15-11+. The lowest BCUT2D eigenvalue weighted by atomic mass is 10.2. The third kappa shape index (κ3) is 8.81. The minimum absolute atomic E-state index is 0.0819. The summed E-state index contributed by atoms with van der Waals surface area (Å²) in [6, 6.07) is 9.16. The van der Waals surface area contributed by atoms with Gasteiger partial charge in [-0.25, -0.2) is 13.1 Å². The fraction of sp³-hybridized carbons (Fsp3) is 0.471. The summed E-state index contributed by atoms with van der Waals surface area (Å²) in [6.07, 6.45) is 1.64. The lowest BCUT2D eigenvalue weighted by molar-refractivity contribution is -0.120. The molecule has 0 unspecified atom stereocenters. The maximum absolute atomic E-state index is 11.8. The van der Waals surface area contributed by atoms with Gasteiger partial charge in [-0.3, -0.25) is 4.79 Å². The quantitative estimate of drug-likeness (QED) is 0.631. The van der Waals surface area contributed by atoms with Gasteiger partial charge < -0.3 is 10.2 Å². The predicted octanol–water partition coefficient (Wildman–Crippen LogP) is 1.42. The van der Waals surface area contributed by atoms with Gasteiger partial charge in [0.25, 0.3) is 0 Å². The second-order valence-electron chi connectivity index (χ2n) is 5.28. The minimum Gasteiger partial charge on any atom is -0.355 e. The Bertz CT molecular complexity index is 611. The third-order valence-corrected chi connectivity index (χ3v) is 4.64. The highest BCUT2D eigenvalue weighted by Gasteiger charge is 2.07. The van der Waals surface area contributed by atoms with Crippen LogP contribution in [0.1, 0.15) is 25.8 Å². The van der Waals surface area contributed by atoms with E-state index in [1.807, 2.05) is 30.3 Å². The van der Waals surface area contributed by atoms with Gasteiger partial charge in [-0.2, -0.15) is 0 Å². The highest BCUT2D eigenvalue weighted by Crippen LogP contribution is 2.02. The molecule has 0 atom stereocenters. The molecule has 1 aromatic carbocycles. The molecule has 0 aliphatic rings. The number of hydrogen-bond acceptors (Lipinski definition) is 4. The normalized spacial score (nSPS) is 12.0. The third-order valence-electron chi connectivity index (χ3n) is 3.54. The summed E-state index contributed by atoms with van der Waals surface area (Å²) in [5.74, 6) is -0.156. The van der Waals surface area contributed by atoms with Crippen molar-refractivity contribution >= 4 is 22.0 Å². The van der Waals surface area contributed by atoms with Crippen LogP contribution in [-0.2, 0) is 14.8 Å². The van der Waals surface area contributed by atoms with Gasteiger partial charge in [0.2, 0.25) is 15.9 Å². The van der Waals surface area contributed by atoms with E-state index in [9.17, 15) is 13.2 Å². The molecule has 24 heavy (non-hydrogen) atoms. The van der Waals surface area contributed by atoms with E-state index in [4.69, 9.17) is 0 Å². The highest BCUT2D eigenvalue weighted by atomic mass is 32.2. The van der Waals surface area contributed by atoms with Gasteiger partial charge in [0.1, 0.15) is 0 Å². The minimum atomic E-state index is -3.54. The van der Waals surface area contributed by atoms with Crippen molar-refractivity contribution < 1.29 is 13.2 Å². The SMILES string of the molecule is CCN(CC)CCNC(=O)CCNS(=O)(=O)/C=C/c1ccccc1. The first-order valence-corrected chi connectivity index (χ1v) is 9.73. The van der Waals surface area contributed by atoms with Crippen LogP contribution in [0.3, 0.4) is 0 Å². The molecule has 2 N–H and O–H groups in total. The number of sulfonamides is 1. The zero-order chi connectivity index (χ0) is 17.8. The predicted molar refractivity (Wildman–Crippen MR) is 97.8 cm³/mol. The molecule has 0 heterocycles. The van der Waals surface area contributed by atoms with E-state index in [2.05, 4.69) is 28.8 Å². The Morgan fingerprint density at radius 1 is 1.12 bits per heavy atom. The Hall–Kier alpha value is -1.70. The summed E-state index contributed by atoms with van der Waals surface area (Å²) < 4.78 is 26.1. The molecular weight excluding hydrogens is 326 g/mol. The second-order valence-corrected chi connectivity index (χ2v) is 6.93. The Labute approximate surface area is 145 Å². The number of benzene rings is 1. The molecule has 0 saturated carbocycles. The Morgan fingerprint density at radius 2 is 1.79 bits per heavy atom.